The fraction of sp³-hybridized carbons (Fsp3) is 0.667. The molecular weight excluding hydrogens is 320 g/mol. The van der Waals surface area contributed by atoms with Crippen molar-refractivity contribution in [2.75, 3.05) is 0 Å². The van der Waals surface area contributed by atoms with E-state index in [1.807, 2.05) is 13.0 Å². The van der Waals surface area contributed by atoms with E-state index in [2.05, 4.69) is 39.8 Å². The van der Waals surface area contributed by atoms with E-state index in [0.717, 1.165) is 25.7 Å². The highest BCUT2D eigenvalue weighted by molar-refractivity contribution is 6.01. The Morgan fingerprint density at radius 2 is 1.96 bits per heavy atom. The van der Waals surface area contributed by atoms with Gasteiger partial charge in [-0.2, -0.15) is 0 Å². The Kier molecular flexibility index (Phi) is 3.82. The number of rotatable bonds is 2. The quantitative estimate of drug-likeness (QED) is 0.620. The summed E-state index contributed by atoms with van der Waals surface area (Å²) in [5, 5.41) is 0. The first kappa shape index (κ1) is 17.9. The van der Waals surface area contributed by atoms with Gasteiger partial charge in [0, 0.05) is 17.3 Å². The van der Waals surface area contributed by atoms with Gasteiger partial charge < -0.3 is 0 Å². The maximum Gasteiger partial charge on any atom is 0.178 e. The highest BCUT2D eigenvalue weighted by Crippen LogP contribution is 2.68. The van der Waals surface area contributed by atoms with Crippen LogP contribution in [0.2, 0.25) is 0 Å². The van der Waals surface area contributed by atoms with Crippen LogP contribution < -0.4 is 0 Å². The van der Waals surface area contributed by atoms with Gasteiger partial charge in [-0.05, 0) is 73.5 Å². The number of ketones is 2. The van der Waals surface area contributed by atoms with Crippen LogP contribution in [0.3, 0.4) is 0 Å². The van der Waals surface area contributed by atoms with Crippen LogP contribution in [-0.4, -0.2) is 11.6 Å². The number of carbonyl (C=O) groups is 2. The second-order valence-electron chi connectivity index (χ2n) is 9.82. The average Bonchev–Trinajstić information content (AvgIpc) is 2.88. The number of hydrogen-bond acceptors (Lipinski definition) is 2. The molecule has 140 valence electrons. The van der Waals surface area contributed by atoms with Crippen LogP contribution in [-0.2, 0) is 9.59 Å². The van der Waals surface area contributed by atoms with Crippen LogP contribution >= 0.6 is 0 Å². The van der Waals surface area contributed by atoms with Crippen molar-refractivity contribution in [3.05, 3.63) is 35.5 Å². The summed E-state index contributed by atoms with van der Waals surface area (Å²) in [4.78, 5) is 24.8. The van der Waals surface area contributed by atoms with Crippen LogP contribution in [0.1, 0.15) is 66.7 Å². The van der Waals surface area contributed by atoms with Gasteiger partial charge in [0.2, 0.25) is 0 Å². The first-order valence-corrected chi connectivity index (χ1v) is 10.4. The molecule has 0 saturated heterocycles. The lowest BCUT2D eigenvalue weighted by Crippen LogP contribution is -2.49. The van der Waals surface area contributed by atoms with Crippen molar-refractivity contribution in [3.63, 3.8) is 0 Å². The number of hydrogen-bond donors (Lipinski definition) is 0. The molecule has 0 amide bonds. The molecular formula is C24H32O2. The maximum absolute atomic E-state index is 12.9. The zero-order valence-electron chi connectivity index (χ0n) is 16.9. The molecule has 2 nitrogen and oxygen atoms in total. The summed E-state index contributed by atoms with van der Waals surface area (Å²) in [5.41, 5.74) is 2.58. The molecule has 0 aromatic heterocycles. The summed E-state index contributed by atoms with van der Waals surface area (Å²) in [6.45, 7) is 11.2. The molecule has 4 aliphatic rings. The Morgan fingerprint density at radius 3 is 2.65 bits per heavy atom. The molecule has 4 aliphatic carbocycles. The first-order chi connectivity index (χ1) is 12.2. The zero-order valence-corrected chi connectivity index (χ0v) is 16.9. The molecule has 0 aromatic rings. The van der Waals surface area contributed by atoms with Gasteiger partial charge in [-0.25, -0.2) is 0 Å². The molecule has 0 heterocycles. The highest BCUT2D eigenvalue weighted by Gasteiger charge is 2.62. The van der Waals surface area contributed by atoms with Gasteiger partial charge >= 0.3 is 0 Å². The lowest BCUT2D eigenvalue weighted by Gasteiger charge is -2.55. The van der Waals surface area contributed by atoms with Crippen LogP contribution in [0.5, 0.6) is 0 Å². The molecule has 2 fully saturated rings. The van der Waals surface area contributed by atoms with Gasteiger partial charge in [-0.3, -0.25) is 9.59 Å². The van der Waals surface area contributed by atoms with Crippen molar-refractivity contribution in [1.82, 2.24) is 0 Å². The summed E-state index contributed by atoms with van der Waals surface area (Å²) in [6, 6.07) is 0. The second kappa shape index (κ2) is 5.53. The first-order valence-electron chi connectivity index (χ1n) is 10.4. The van der Waals surface area contributed by atoms with Crippen molar-refractivity contribution in [1.29, 1.82) is 0 Å². The third kappa shape index (κ3) is 2.05. The lowest BCUT2D eigenvalue weighted by molar-refractivity contribution is -0.135. The second-order valence-corrected chi connectivity index (χ2v) is 9.82. The van der Waals surface area contributed by atoms with Crippen LogP contribution in [0.25, 0.3) is 0 Å². The smallest absolute Gasteiger partial charge is 0.178 e. The van der Waals surface area contributed by atoms with Gasteiger partial charge in [-0.15, -0.1) is 0 Å². The largest absolute Gasteiger partial charge is 0.299 e. The molecule has 2 heteroatoms. The summed E-state index contributed by atoms with van der Waals surface area (Å²) in [6.07, 6.45) is 13.2. The Labute approximate surface area is 157 Å². The monoisotopic (exact) mass is 352 g/mol. The molecule has 6 atom stereocenters. The summed E-state index contributed by atoms with van der Waals surface area (Å²) in [5.74, 6) is 2.11. The molecule has 26 heavy (non-hydrogen) atoms. The minimum absolute atomic E-state index is 0.0692. The fourth-order valence-corrected chi connectivity index (χ4v) is 7.03. The van der Waals surface area contributed by atoms with Crippen molar-refractivity contribution in [2.24, 2.45) is 34.0 Å². The maximum atomic E-state index is 12.9. The molecule has 0 bridgehead atoms. The Hall–Kier alpha value is -1.44. The normalized spacial score (nSPS) is 46.8. The number of allylic oxidation sites excluding steroid dienone is 6. The summed E-state index contributed by atoms with van der Waals surface area (Å²) in [7, 11) is 0. The molecule has 0 aliphatic heterocycles. The van der Waals surface area contributed by atoms with Crippen LogP contribution in [0, 0.1) is 34.0 Å². The predicted octanol–water partition coefficient (Wildman–Crippen LogP) is 5.45. The number of Topliss-reactive ketones (excluding diaryl/α,β-unsaturated/α-hetero) is 1. The molecule has 2 unspecified atom stereocenters. The van der Waals surface area contributed by atoms with Crippen molar-refractivity contribution >= 4 is 11.6 Å². The van der Waals surface area contributed by atoms with Gasteiger partial charge in [0.15, 0.2) is 5.78 Å². The molecule has 2 saturated carbocycles. The predicted molar refractivity (Wildman–Crippen MR) is 105 cm³/mol. The highest BCUT2D eigenvalue weighted by atomic mass is 16.1. The molecule has 4 rings (SSSR count). The Bertz CT molecular complexity index is 769. The summed E-state index contributed by atoms with van der Waals surface area (Å²) >= 11 is 0. The molecule has 0 N–H and O–H groups in total. The van der Waals surface area contributed by atoms with Gasteiger partial charge in [0.25, 0.3) is 0 Å². The number of carbonyl (C=O) groups excluding carboxylic acids is 2. The Balaban J connectivity index is 1.80. The zero-order chi connectivity index (χ0) is 18.9. The third-order valence-electron chi connectivity index (χ3n) is 8.82. The van der Waals surface area contributed by atoms with Crippen LogP contribution in [0.4, 0.5) is 0 Å². The molecule has 0 radical (unpaired) electrons. The van der Waals surface area contributed by atoms with E-state index in [-0.39, 0.29) is 22.0 Å². The lowest BCUT2D eigenvalue weighted by atomic mass is 9.48. The minimum atomic E-state index is -0.187. The minimum Gasteiger partial charge on any atom is -0.299 e. The SMILES string of the molecule is CCC(=O)[C@@]1(C)CCC2C3C[C@H](C)C4=CC(=O)C=C[C@]4(C)C3=CC[C@@]21C. The van der Waals surface area contributed by atoms with Gasteiger partial charge in [0.05, 0.1) is 0 Å². The van der Waals surface area contributed by atoms with E-state index >= 15 is 0 Å². The Morgan fingerprint density at radius 1 is 1.23 bits per heavy atom. The van der Waals surface area contributed by atoms with E-state index in [1.54, 1.807) is 6.08 Å². The van der Waals surface area contributed by atoms with Gasteiger partial charge in [0.1, 0.15) is 5.78 Å². The molecule has 0 spiro atoms. The van der Waals surface area contributed by atoms with E-state index in [4.69, 9.17) is 0 Å². The van der Waals surface area contributed by atoms with E-state index < -0.39 is 0 Å². The average molecular weight is 353 g/mol. The van der Waals surface area contributed by atoms with Crippen molar-refractivity contribution in [2.45, 2.75) is 66.7 Å². The van der Waals surface area contributed by atoms with E-state index in [1.165, 1.54) is 11.1 Å². The summed E-state index contributed by atoms with van der Waals surface area (Å²) < 4.78 is 0. The third-order valence-corrected chi connectivity index (χ3v) is 8.82. The van der Waals surface area contributed by atoms with Gasteiger partial charge in [-0.1, -0.05) is 45.4 Å². The number of fused-ring (bicyclic) bond motifs is 5. The van der Waals surface area contributed by atoms with E-state index in [9.17, 15) is 9.59 Å². The topological polar surface area (TPSA) is 34.1 Å². The van der Waals surface area contributed by atoms with E-state index in [0.29, 0.717) is 30.0 Å². The molecule has 0 aromatic carbocycles. The fourth-order valence-electron chi connectivity index (χ4n) is 7.03. The standard InChI is InChI=1S/C24H32O2/c1-6-21(26)24(5)12-9-19-17-13-15(2)20-14-16(25)7-10-22(20,3)18(17)8-11-23(19,24)4/h7-8,10,14-15,17,19H,6,9,11-13H2,1-5H3/t15-,17?,19?,22+,23-,24+/m0/s1. The van der Waals surface area contributed by atoms with Crippen LogP contribution in [0.15, 0.2) is 35.5 Å². The van der Waals surface area contributed by atoms with Crippen molar-refractivity contribution in [3.8, 4) is 0 Å². The van der Waals surface area contributed by atoms with Crippen molar-refractivity contribution < 1.29 is 9.59 Å².